The van der Waals surface area contributed by atoms with E-state index in [4.69, 9.17) is 16.3 Å². The van der Waals surface area contributed by atoms with Crippen LogP contribution in [0.25, 0.3) is 0 Å². The first-order valence-electron chi connectivity index (χ1n) is 11.4. The lowest BCUT2D eigenvalue weighted by molar-refractivity contribution is 0.0101. The fourth-order valence-corrected chi connectivity index (χ4v) is 5.11. The predicted molar refractivity (Wildman–Crippen MR) is 125 cm³/mol. The standard InChI is InChI=1S/C25H32ClN3O3/c1-16(30)15-32-23-9-8-21(17(2)18(23)3)22-6-4-5-20-14-28(11-12-29(20)22)25(31)19-7-10-24(26)27-13-19/h7-10,13,16,20,22,30H,4-6,11-12,14-15H2,1-3H3/t16-,20-,22+/m0/s1. The van der Waals surface area contributed by atoms with Crippen LogP contribution in [0, 0.1) is 13.8 Å². The number of aliphatic hydroxyl groups is 1. The maximum absolute atomic E-state index is 13.0. The minimum Gasteiger partial charge on any atom is -0.491 e. The van der Waals surface area contributed by atoms with Crippen LogP contribution in [-0.4, -0.2) is 64.2 Å². The Labute approximate surface area is 195 Å². The van der Waals surface area contributed by atoms with E-state index in [-0.39, 0.29) is 5.91 Å². The molecule has 0 saturated carbocycles. The minimum atomic E-state index is -0.490. The monoisotopic (exact) mass is 457 g/mol. The molecule has 3 heterocycles. The molecule has 2 aromatic rings. The lowest BCUT2D eigenvalue weighted by Gasteiger charge is -2.48. The molecule has 1 aromatic carbocycles. The van der Waals surface area contributed by atoms with Crippen molar-refractivity contribution in [3.8, 4) is 5.75 Å². The van der Waals surface area contributed by atoms with Gasteiger partial charge in [-0.05, 0) is 74.9 Å². The Bertz CT molecular complexity index is 964. The van der Waals surface area contributed by atoms with Crippen molar-refractivity contribution in [1.29, 1.82) is 0 Å². The zero-order chi connectivity index (χ0) is 22.8. The minimum absolute atomic E-state index is 0.0302. The van der Waals surface area contributed by atoms with Crippen LogP contribution in [-0.2, 0) is 0 Å². The molecule has 4 rings (SSSR count). The Morgan fingerprint density at radius 1 is 1.22 bits per heavy atom. The molecule has 6 nitrogen and oxygen atoms in total. The second-order valence-corrected chi connectivity index (χ2v) is 9.41. The van der Waals surface area contributed by atoms with Crippen molar-refractivity contribution in [3.05, 3.63) is 57.9 Å². The van der Waals surface area contributed by atoms with Crippen LogP contribution < -0.4 is 4.74 Å². The normalized spacial score (nSPS) is 22.3. The van der Waals surface area contributed by atoms with Crippen LogP contribution in [0.2, 0.25) is 5.15 Å². The Balaban J connectivity index is 1.49. The molecular formula is C25H32ClN3O3. The molecule has 2 aliphatic rings. The highest BCUT2D eigenvalue weighted by molar-refractivity contribution is 6.29. The van der Waals surface area contributed by atoms with Crippen LogP contribution in [0.4, 0.5) is 0 Å². The van der Waals surface area contributed by atoms with Crippen molar-refractivity contribution in [2.45, 2.75) is 58.2 Å². The molecule has 1 amide bonds. The summed E-state index contributed by atoms with van der Waals surface area (Å²) in [4.78, 5) is 21.6. The zero-order valence-corrected chi connectivity index (χ0v) is 19.8. The van der Waals surface area contributed by atoms with E-state index in [0.29, 0.717) is 36.0 Å². The quantitative estimate of drug-likeness (QED) is 0.683. The molecule has 0 unspecified atom stereocenters. The largest absolute Gasteiger partial charge is 0.491 e. The number of carbonyl (C=O) groups is 1. The van der Waals surface area contributed by atoms with E-state index in [1.807, 2.05) is 11.0 Å². The number of hydrogen-bond acceptors (Lipinski definition) is 5. The Hall–Kier alpha value is -2.15. The summed E-state index contributed by atoms with van der Waals surface area (Å²) in [6.07, 6.45) is 4.45. The highest BCUT2D eigenvalue weighted by atomic mass is 35.5. The molecule has 0 radical (unpaired) electrons. The zero-order valence-electron chi connectivity index (χ0n) is 19.1. The van der Waals surface area contributed by atoms with Crippen molar-refractivity contribution < 1.29 is 14.6 Å². The van der Waals surface area contributed by atoms with Crippen molar-refractivity contribution in [2.24, 2.45) is 0 Å². The number of carbonyl (C=O) groups excluding carboxylic acids is 1. The molecule has 1 N–H and O–H groups in total. The van der Waals surface area contributed by atoms with Crippen molar-refractivity contribution in [1.82, 2.24) is 14.8 Å². The summed E-state index contributed by atoms with van der Waals surface area (Å²) in [5, 5.41) is 9.94. The lowest BCUT2D eigenvalue weighted by atomic mass is 9.86. The van der Waals surface area contributed by atoms with Crippen LogP contribution in [0.3, 0.4) is 0 Å². The number of benzene rings is 1. The van der Waals surface area contributed by atoms with Gasteiger partial charge in [-0.25, -0.2) is 4.98 Å². The van der Waals surface area contributed by atoms with Crippen molar-refractivity contribution in [3.63, 3.8) is 0 Å². The van der Waals surface area contributed by atoms with Gasteiger partial charge in [0.1, 0.15) is 17.5 Å². The molecule has 0 spiro atoms. The third-order valence-corrected chi connectivity index (χ3v) is 7.05. The summed E-state index contributed by atoms with van der Waals surface area (Å²) in [6, 6.07) is 8.36. The number of rotatable bonds is 5. The number of piperidine rings is 1. The number of ether oxygens (including phenoxy) is 1. The van der Waals surface area contributed by atoms with E-state index in [1.165, 1.54) is 11.1 Å². The van der Waals surface area contributed by atoms with Crippen LogP contribution in [0.15, 0.2) is 30.5 Å². The number of aromatic nitrogens is 1. The third kappa shape index (κ3) is 4.77. The number of halogens is 1. The molecule has 2 saturated heterocycles. The van der Waals surface area contributed by atoms with E-state index < -0.39 is 6.10 Å². The maximum Gasteiger partial charge on any atom is 0.255 e. The van der Waals surface area contributed by atoms with E-state index in [2.05, 4.69) is 29.8 Å². The first-order chi connectivity index (χ1) is 15.3. The van der Waals surface area contributed by atoms with Gasteiger partial charge in [-0.2, -0.15) is 0 Å². The smallest absolute Gasteiger partial charge is 0.255 e. The fraction of sp³-hybridized carbons (Fsp3) is 0.520. The molecule has 7 heteroatoms. The number of amides is 1. The summed E-state index contributed by atoms with van der Waals surface area (Å²) in [6.45, 7) is 8.59. The van der Waals surface area contributed by atoms with E-state index in [0.717, 1.165) is 43.7 Å². The highest BCUT2D eigenvalue weighted by Gasteiger charge is 2.37. The van der Waals surface area contributed by atoms with Gasteiger partial charge < -0.3 is 14.7 Å². The molecular weight excluding hydrogens is 426 g/mol. The van der Waals surface area contributed by atoms with Crippen LogP contribution in [0.1, 0.15) is 59.3 Å². The van der Waals surface area contributed by atoms with Crippen molar-refractivity contribution >= 4 is 17.5 Å². The van der Waals surface area contributed by atoms with Gasteiger partial charge in [0.05, 0.1) is 11.7 Å². The predicted octanol–water partition coefficient (Wildman–Crippen LogP) is 4.16. The summed E-state index contributed by atoms with van der Waals surface area (Å²) in [5.41, 5.74) is 4.33. The molecule has 172 valence electrons. The SMILES string of the molecule is Cc1c(OC[C@H](C)O)ccc([C@H]2CCC[C@H]3CN(C(=O)c4ccc(Cl)nc4)CCN32)c1C. The average Bonchev–Trinajstić information content (AvgIpc) is 2.79. The topological polar surface area (TPSA) is 65.9 Å². The summed E-state index contributed by atoms with van der Waals surface area (Å²) < 4.78 is 5.80. The number of hydrogen-bond donors (Lipinski definition) is 1. The summed E-state index contributed by atoms with van der Waals surface area (Å²) in [7, 11) is 0. The van der Waals surface area contributed by atoms with Crippen molar-refractivity contribution in [2.75, 3.05) is 26.2 Å². The third-order valence-electron chi connectivity index (χ3n) is 6.82. The van der Waals surface area contributed by atoms with Gasteiger partial charge >= 0.3 is 0 Å². The number of pyridine rings is 1. The molecule has 2 aliphatic heterocycles. The molecule has 0 aliphatic carbocycles. The van der Waals surface area contributed by atoms with Gasteiger partial charge in [-0.3, -0.25) is 9.69 Å². The van der Waals surface area contributed by atoms with Gasteiger partial charge in [-0.1, -0.05) is 17.7 Å². The fourth-order valence-electron chi connectivity index (χ4n) is 5.00. The molecule has 2 fully saturated rings. The summed E-state index contributed by atoms with van der Waals surface area (Å²) in [5.74, 6) is 0.870. The van der Waals surface area contributed by atoms with Crippen LogP contribution >= 0.6 is 11.6 Å². The number of nitrogens with zero attached hydrogens (tertiary/aromatic N) is 3. The molecule has 3 atom stereocenters. The first kappa shape index (κ1) is 23.0. The number of piperazine rings is 1. The highest BCUT2D eigenvalue weighted by Crippen LogP contribution is 2.39. The average molecular weight is 458 g/mol. The maximum atomic E-state index is 13.0. The number of aliphatic hydroxyl groups excluding tert-OH is 1. The molecule has 32 heavy (non-hydrogen) atoms. The molecule has 1 aromatic heterocycles. The second kappa shape index (κ2) is 9.77. The first-order valence-corrected chi connectivity index (χ1v) is 11.8. The Morgan fingerprint density at radius 2 is 2.03 bits per heavy atom. The molecule has 0 bridgehead atoms. The van der Waals surface area contributed by atoms with Gasteiger partial charge in [0.15, 0.2) is 0 Å². The van der Waals surface area contributed by atoms with E-state index >= 15 is 0 Å². The van der Waals surface area contributed by atoms with Gasteiger partial charge in [-0.15, -0.1) is 0 Å². The Kier molecular flexibility index (Phi) is 7.03. The second-order valence-electron chi connectivity index (χ2n) is 9.02. The van der Waals surface area contributed by atoms with Gasteiger partial charge in [0.2, 0.25) is 0 Å². The van der Waals surface area contributed by atoms with Crippen LogP contribution in [0.5, 0.6) is 5.75 Å². The van der Waals surface area contributed by atoms with E-state index in [1.54, 1.807) is 25.3 Å². The Morgan fingerprint density at radius 3 is 2.75 bits per heavy atom. The lowest BCUT2D eigenvalue weighted by Crippen LogP contribution is -2.57. The van der Waals surface area contributed by atoms with E-state index in [9.17, 15) is 9.90 Å². The number of fused-ring (bicyclic) bond motifs is 1. The summed E-state index contributed by atoms with van der Waals surface area (Å²) >= 11 is 5.87. The van der Waals surface area contributed by atoms with Gasteiger partial charge in [0, 0.05) is 37.9 Å². The van der Waals surface area contributed by atoms with Gasteiger partial charge in [0.25, 0.3) is 5.91 Å².